The molecule has 3 aromatic carbocycles. The molecule has 174 valence electrons. The summed E-state index contributed by atoms with van der Waals surface area (Å²) in [5.74, 6) is 0.0174. The van der Waals surface area contributed by atoms with E-state index in [4.69, 9.17) is 18.8 Å². The summed E-state index contributed by atoms with van der Waals surface area (Å²) >= 11 is 0. The number of carbonyl (C=O) groups excluding carboxylic acids is 1. The molecule has 34 heavy (non-hydrogen) atoms. The number of hydrogen-bond acceptors (Lipinski definition) is 7. The summed E-state index contributed by atoms with van der Waals surface area (Å²) in [6.07, 6.45) is 0.780. The number of benzene rings is 3. The summed E-state index contributed by atoms with van der Waals surface area (Å²) in [5.41, 5.74) is 2.00. The van der Waals surface area contributed by atoms with Crippen LogP contribution in [-0.4, -0.2) is 37.2 Å². The Morgan fingerprint density at radius 3 is 2.65 bits per heavy atom. The van der Waals surface area contributed by atoms with Crippen molar-refractivity contribution in [1.82, 2.24) is 5.16 Å². The van der Waals surface area contributed by atoms with Gasteiger partial charge in [-0.2, -0.15) is 0 Å². The van der Waals surface area contributed by atoms with Gasteiger partial charge >= 0.3 is 5.97 Å². The number of oxime groups is 1. The van der Waals surface area contributed by atoms with Gasteiger partial charge in [-0.05, 0) is 53.6 Å². The fraction of sp³-hybridized carbons (Fsp3) is 0.192. The number of ether oxygens (including phenoxy) is 2. The van der Waals surface area contributed by atoms with Gasteiger partial charge in [-0.3, -0.25) is 0 Å². The lowest BCUT2D eigenvalue weighted by molar-refractivity contribution is 0.0602. The summed E-state index contributed by atoms with van der Waals surface area (Å²) in [7, 11) is 1.34. The van der Waals surface area contributed by atoms with E-state index in [1.807, 2.05) is 37.3 Å². The topological polar surface area (TPSA) is 83.2 Å². The minimum atomic E-state index is -0.457. The van der Waals surface area contributed by atoms with Gasteiger partial charge in [0.05, 0.1) is 12.7 Å². The van der Waals surface area contributed by atoms with Crippen molar-refractivity contribution in [3.05, 3.63) is 83.9 Å². The van der Waals surface area contributed by atoms with Crippen molar-refractivity contribution in [2.75, 3.05) is 20.3 Å². The van der Waals surface area contributed by atoms with E-state index in [1.54, 1.807) is 24.3 Å². The Morgan fingerprint density at radius 2 is 1.88 bits per heavy atom. The van der Waals surface area contributed by atoms with Gasteiger partial charge in [-0.25, -0.2) is 9.18 Å². The van der Waals surface area contributed by atoms with E-state index in [-0.39, 0.29) is 12.4 Å². The molecule has 0 atom stereocenters. The molecule has 0 N–H and O–H groups in total. The number of hydrogen-bond donors (Lipinski definition) is 0. The summed E-state index contributed by atoms with van der Waals surface area (Å²) in [5, 5.41) is 9.82. The molecule has 0 aliphatic carbocycles. The van der Waals surface area contributed by atoms with Gasteiger partial charge < -0.3 is 18.8 Å². The molecule has 0 radical (unpaired) electrons. The van der Waals surface area contributed by atoms with Crippen molar-refractivity contribution in [2.24, 2.45) is 5.16 Å². The van der Waals surface area contributed by atoms with Gasteiger partial charge in [0.25, 0.3) is 0 Å². The number of methoxy groups -OCH3 is 1. The van der Waals surface area contributed by atoms with Crippen LogP contribution in [0.5, 0.6) is 5.75 Å². The van der Waals surface area contributed by atoms with Crippen LogP contribution in [0.4, 0.5) is 4.39 Å². The summed E-state index contributed by atoms with van der Waals surface area (Å²) < 4.78 is 29.6. The zero-order chi connectivity index (χ0) is 23.9. The highest BCUT2D eigenvalue weighted by Gasteiger charge is 2.17. The molecule has 0 fully saturated rings. The molecule has 4 aromatic rings. The monoisotopic (exact) mass is 462 g/mol. The van der Waals surface area contributed by atoms with Crippen molar-refractivity contribution in [1.29, 1.82) is 0 Å². The van der Waals surface area contributed by atoms with Crippen LogP contribution < -0.4 is 4.74 Å². The Kier molecular flexibility index (Phi) is 7.17. The molecule has 0 aliphatic heterocycles. The van der Waals surface area contributed by atoms with Crippen LogP contribution in [0, 0.1) is 5.82 Å². The van der Waals surface area contributed by atoms with Crippen LogP contribution >= 0.6 is 0 Å². The zero-order valence-electron chi connectivity index (χ0n) is 18.8. The van der Waals surface area contributed by atoms with Crippen LogP contribution in [-0.2, 0) is 9.57 Å². The number of fused-ring (bicyclic) bond motifs is 1. The molecule has 4 rings (SSSR count). The first-order valence-corrected chi connectivity index (χ1v) is 10.7. The maximum Gasteiger partial charge on any atom is 0.338 e. The summed E-state index contributed by atoms with van der Waals surface area (Å²) in [6.45, 7) is 2.39. The Bertz CT molecular complexity index is 1310. The van der Waals surface area contributed by atoms with E-state index < -0.39 is 5.97 Å². The first kappa shape index (κ1) is 23.0. The average Bonchev–Trinajstić information content (AvgIpc) is 3.35. The Morgan fingerprint density at radius 1 is 1.09 bits per heavy atom. The van der Waals surface area contributed by atoms with Gasteiger partial charge in [-0.15, -0.1) is 0 Å². The molecule has 0 unspecified atom stereocenters. The summed E-state index contributed by atoms with van der Waals surface area (Å²) in [6, 6.07) is 18.5. The van der Waals surface area contributed by atoms with Crippen molar-refractivity contribution in [3.8, 4) is 17.0 Å². The van der Waals surface area contributed by atoms with Gasteiger partial charge in [-0.1, -0.05) is 41.5 Å². The van der Waals surface area contributed by atoms with Crippen LogP contribution in [0.15, 0.2) is 76.4 Å². The van der Waals surface area contributed by atoms with E-state index in [0.717, 1.165) is 17.2 Å². The minimum absolute atomic E-state index is 0.000713. The Hall–Kier alpha value is -4.20. The fourth-order valence-electron chi connectivity index (χ4n) is 3.32. The molecule has 1 heterocycles. The van der Waals surface area contributed by atoms with Crippen molar-refractivity contribution < 1.29 is 28.0 Å². The Balaban J connectivity index is 1.60. The molecule has 0 saturated heterocycles. The lowest BCUT2D eigenvalue weighted by Gasteiger charge is -2.11. The van der Waals surface area contributed by atoms with E-state index in [2.05, 4.69) is 10.3 Å². The highest BCUT2D eigenvalue weighted by Crippen LogP contribution is 2.27. The molecule has 0 aliphatic rings. The molecule has 7 nitrogen and oxygen atoms in total. The number of nitrogens with zero attached hydrogens (tertiary/aromatic N) is 2. The maximum atomic E-state index is 13.2. The predicted molar refractivity (Wildman–Crippen MR) is 125 cm³/mol. The van der Waals surface area contributed by atoms with Crippen LogP contribution in [0.2, 0.25) is 0 Å². The van der Waals surface area contributed by atoms with Crippen molar-refractivity contribution in [3.63, 3.8) is 0 Å². The average molecular weight is 462 g/mol. The number of halogens is 1. The molecule has 0 amide bonds. The van der Waals surface area contributed by atoms with E-state index >= 15 is 0 Å². The molecular formula is C26H23FN2O5. The van der Waals surface area contributed by atoms with E-state index in [0.29, 0.717) is 40.6 Å². The highest BCUT2D eigenvalue weighted by molar-refractivity contribution is 6.05. The second-order valence-electron chi connectivity index (χ2n) is 7.43. The maximum absolute atomic E-state index is 13.2. The van der Waals surface area contributed by atoms with Gasteiger partial charge in [0.1, 0.15) is 30.5 Å². The minimum Gasteiger partial charge on any atom is -0.487 e. The second-order valence-corrected chi connectivity index (χ2v) is 7.43. The fourth-order valence-corrected chi connectivity index (χ4v) is 3.32. The number of esters is 1. The first-order valence-electron chi connectivity index (χ1n) is 10.7. The van der Waals surface area contributed by atoms with Crippen molar-refractivity contribution in [2.45, 2.75) is 13.3 Å². The molecule has 0 saturated carbocycles. The van der Waals surface area contributed by atoms with Crippen LogP contribution in [0.25, 0.3) is 22.0 Å². The smallest absolute Gasteiger partial charge is 0.338 e. The third-order valence-corrected chi connectivity index (χ3v) is 5.02. The quantitative estimate of drug-likeness (QED) is 0.139. The molecule has 1 aromatic heterocycles. The second kappa shape index (κ2) is 10.6. The van der Waals surface area contributed by atoms with Gasteiger partial charge in [0, 0.05) is 11.6 Å². The molecular weight excluding hydrogens is 439 g/mol. The third kappa shape index (κ3) is 5.23. The molecule has 8 heteroatoms. The lowest BCUT2D eigenvalue weighted by atomic mass is 10.0. The normalized spacial score (nSPS) is 11.4. The van der Waals surface area contributed by atoms with Crippen LogP contribution in [0.3, 0.4) is 0 Å². The zero-order valence-corrected chi connectivity index (χ0v) is 18.8. The van der Waals surface area contributed by atoms with E-state index in [1.165, 1.54) is 19.2 Å². The number of carbonyl (C=O) groups is 1. The largest absolute Gasteiger partial charge is 0.487 e. The number of rotatable bonds is 9. The van der Waals surface area contributed by atoms with E-state index in [9.17, 15) is 9.18 Å². The highest BCUT2D eigenvalue weighted by atomic mass is 19.1. The standard InChI is InChI=1S/C26H23FN2O5/c1-3-12-33-28-24(25-15-23(29-34-25)17-8-10-19(27)11-9-17)16-32-20-13-18-6-4-5-7-21(18)22(14-20)26(30)31-2/h4-11,13-15H,3,12,16H2,1-2H3/b28-24+. The number of aromatic nitrogens is 1. The predicted octanol–water partition coefficient (Wildman–Crippen LogP) is 5.63. The third-order valence-electron chi connectivity index (χ3n) is 5.02. The summed E-state index contributed by atoms with van der Waals surface area (Å²) in [4.78, 5) is 17.7. The first-order chi connectivity index (χ1) is 16.6. The van der Waals surface area contributed by atoms with Gasteiger partial charge in [0.2, 0.25) is 0 Å². The lowest BCUT2D eigenvalue weighted by Crippen LogP contribution is -2.14. The van der Waals surface area contributed by atoms with Gasteiger partial charge in [0.15, 0.2) is 11.5 Å². The Labute approximate surface area is 195 Å². The van der Waals surface area contributed by atoms with Crippen molar-refractivity contribution >= 4 is 22.5 Å². The molecule has 0 spiro atoms. The van der Waals surface area contributed by atoms with Crippen LogP contribution in [0.1, 0.15) is 29.5 Å². The molecule has 0 bridgehead atoms. The SMILES string of the molecule is CCCO/N=C(\COc1cc(C(=O)OC)c2ccccc2c1)c1cc(-c2ccc(F)cc2)no1.